The number of aryl methyl sites for hydroxylation is 1. The van der Waals surface area contributed by atoms with Gasteiger partial charge >= 0.3 is 0 Å². The van der Waals surface area contributed by atoms with Crippen LogP contribution in [0.1, 0.15) is 11.5 Å². The first-order chi connectivity index (χ1) is 9.67. The molecule has 104 valence electrons. The van der Waals surface area contributed by atoms with Crippen molar-refractivity contribution in [1.82, 2.24) is 20.2 Å². The van der Waals surface area contributed by atoms with Gasteiger partial charge in [0.2, 0.25) is 5.95 Å². The summed E-state index contributed by atoms with van der Waals surface area (Å²) >= 11 is 0. The lowest BCUT2D eigenvalue weighted by Crippen LogP contribution is -2.19. The third-order valence-electron chi connectivity index (χ3n) is 2.97. The van der Waals surface area contributed by atoms with Crippen LogP contribution in [0.3, 0.4) is 0 Å². The van der Waals surface area contributed by atoms with Crippen molar-refractivity contribution in [1.29, 1.82) is 0 Å². The normalized spacial score (nSPS) is 10.9. The zero-order valence-corrected chi connectivity index (χ0v) is 11.2. The topological polar surface area (TPSA) is 109 Å². The summed E-state index contributed by atoms with van der Waals surface area (Å²) in [6.07, 6.45) is 1.69. The van der Waals surface area contributed by atoms with Crippen LogP contribution in [0.5, 0.6) is 0 Å². The number of rotatable bonds is 4. The number of fused-ring (bicyclic) bond motifs is 1. The molecule has 0 aliphatic heterocycles. The number of nitrogen functional groups attached to an aromatic ring is 1. The SMILES string of the molecule is Cc1ccc(CN(C)c2nc(NN)nc3[nH]ncc23)o1. The molecule has 3 aromatic heterocycles. The number of anilines is 2. The molecule has 0 bridgehead atoms. The van der Waals surface area contributed by atoms with Crippen molar-refractivity contribution in [3.63, 3.8) is 0 Å². The summed E-state index contributed by atoms with van der Waals surface area (Å²) in [5.74, 6) is 8.20. The number of aromatic amines is 1. The van der Waals surface area contributed by atoms with Crippen molar-refractivity contribution in [3.05, 3.63) is 29.9 Å². The summed E-state index contributed by atoms with van der Waals surface area (Å²) in [6, 6.07) is 3.88. The van der Waals surface area contributed by atoms with Crippen LogP contribution >= 0.6 is 0 Å². The molecular weight excluding hydrogens is 258 g/mol. The van der Waals surface area contributed by atoms with E-state index in [9.17, 15) is 0 Å². The molecule has 4 N–H and O–H groups in total. The second kappa shape index (κ2) is 4.82. The quantitative estimate of drug-likeness (QED) is 0.483. The number of nitrogens with two attached hydrogens (primary N) is 1. The summed E-state index contributed by atoms with van der Waals surface area (Å²) in [5, 5.41) is 7.62. The smallest absolute Gasteiger partial charge is 0.241 e. The molecule has 0 aliphatic rings. The zero-order chi connectivity index (χ0) is 14.1. The summed E-state index contributed by atoms with van der Waals surface area (Å²) in [5.41, 5.74) is 3.08. The third-order valence-corrected chi connectivity index (χ3v) is 2.97. The maximum atomic E-state index is 5.58. The minimum absolute atomic E-state index is 0.333. The van der Waals surface area contributed by atoms with Gasteiger partial charge in [0.15, 0.2) is 5.65 Å². The highest BCUT2D eigenvalue weighted by Gasteiger charge is 2.14. The van der Waals surface area contributed by atoms with Gasteiger partial charge in [0.05, 0.1) is 18.1 Å². The fourth-order valence-corrected chi connectivity index (χ4v) is 2.05. The number of H-pyrrole nitrogens is 1. The largest absolute Gasteiger partial charge is 0.464 e. The molecule has 0 aliphatic carbocycles. The summed E-state index contributed by atoms with van der Waals surface area (Å²) < 4.78 is 5.58. The Morgan fingerprint density at radius 3 is 2.95 bits per heavy atom. The molecule has 8 nitrogen and oxygen atoms in total. The minimum Gasteiger partial charge on any atom is -0.464 e. The van der Waals surface area contributed by atoms with Crippen LogP contribution in [0, 0.1) is 6.92 Å². The van der Waals surface area contributed by atoms with Crippen molar-refractivity contribution in [2.45, 2.75) is 13.5 Å². The van der Waals surface area contributed by atoms with Gasteiger partial charge in [0.25, 0.3) is 0 Å². The third kappa shape index (κ3) is 2.16. The van der Waals surface area contributed by atoms with Crippen LogP contribution < -0.4 is 16.2 Å². The monoisotopic (exact) mass is 273 g/mol. The highest BCUT2D eigenvalue weighted by molar-refractivity contribution is 5.87. The molecule has 3 aromatic rings. The highest BCUT2D eigenvalue weighted by Crippen LogP contribution is 2.24. The van der Waals surface area contributed by atoms with E-state index in [1.54, 1.807) is 6.20 Å². The average molecular weight is 273 g/mol. The predicted molar refractivity (Wildman–Crippen MR) is 75.0 cm³/mol. The summed E-state index contributed by atoms with van der Waals surface area (Å²) in [6.45, 7) is 2.51. The lowest BCUT2D eigenvalue weighted by Gasteiger charge is -2.17. The Balaban J connectivity index is 1.97. The van der Waals surface area contributed by atoms with Gasteiger partial charge in [0.1, 0.15) is 17.3 Å². The molecule has 0 amide bonds. The fourth-order valence-electron chi connectivity index (χ4n) is 2.05. The van der Waals surface area contributed by atoms with E-state index in [4.69, 9.17) is 10.3 Å². The van der Waals surface area contributed by atoms with Gasteiger partial charge in [-0.15, -0.1) is 0 Å². The molecule has 0 saturated heterocycles. The molecular formula is C12H15N7O. The average Bonchev–Trinajstić information content (AvgIpc) is 3.06. The Bertz CT molecular complexity index is 732. The van der Waals surface area contributed by atoms with Crippen molar-refractivity contribution < 1.29 is 4.42 Å². The Kier molecular flexibility index (Phi) is 2.99. The van der Waals surface area contributed by atoms with E-state index in [1.165, 1.54) is 0 Å². The predicted octanol–water partition coefficient (Wildman–Crippen LogP) is 1.18. The standard InChI is InChI=1S/C12H15N7O/c1-7-3-4-8(20-7)6-19(2)11-9-5-14-18-10(9)15-12(16-11)17-13/h3-5H,6,13H2,1-2H3,(H2,14,15,16,17,18). The van der Waals surface area contributed by atoms with Gasteiger partial charge in [-0.1, -0.05) is 0 Å². The second-order valence-electron chi connectivity index (χ2n) is 4.52. The lowest BCUT2D eigenvalue weighted by atomic mass is 10.3. The first-order valence-corrected chi connectivity index (χ1v) is 6.11. The first-order valence-electron chi connectivity index (χ1n) is 6.11. The molecule has 20 heavy (non-hydrogen) atoms. The van der Waals surface area contributed by atoms with Crippen LogP contribution in [-0.4, -0.2) is 27.2 Å². The maximum absolute atomic E-state index is 5.58. The molecule has 3 rings (SSSR count). The number of aromatic nitrogens is 4. The van der Waals surface area contributed by atoms with Crippen molar-refractivity contribution >= 4 is 22.8 Å². The van der Waals surface area contributed by atoms with E-state index >= 15 is 0 Å². The molecule has 0 aromatic carbocycles. The number of hydrogen-bond acceptors (Lipinski definition) is 7. The maximum Gasteiger partial charge on any atom is 0.241 e. The number of furan rings is 1. The second-order valence-corrected chi connectivity index (χ2v) is 4.52. The van der Waals surface area contributed by atoms with E-state index < -0.39 is 0 Å². The molecule has 0 unspecified atom stereocenters. The van der Waals surface area contributed by atoms with Gasteiger partial charge in [-0.05, 0) is 19.1 Å². The molecule has 0 fully saturated rings. The van der Waals surface area contributed by atoms with Crippen LogP contribution in [0.15, 0.2) is 22.7 Å². The van der Waals surface area contributed by atoms with E-state index in [0.29, 0.717) is 18.1 Å². The van der Waals surface area contributed by atoms with Gasteiger partial charge in [0, 0.05) is 7.05 Å². The molecule has 0 atom stereocenters. The Labute approximate surface area is 115 Å². The van der Waals surface area contributed by atoms with Crippen molar-refractivity contribution in [3.8, 4) is 0 Å². The molecule has 8 heteroatoms. The summed E-state index contributed by atoms with van der Waals surface area (Å²) in [4.78, 5) is 10.5. The van der Waals surface area contributed by atoms with E-state index in [1.807, 2.05) is 31.0 Å². The van der Waals surface area contributed by atoms with Crippen LogP contribution in [0.2, 0.25) is 0 Å². The van der Waals surface area contributed by atoms with E-state index in [0.717, 1.165) is 22.7 Å². The summed E-state index contributed by atoms with van der Waals surface area (Å²) in [7, 11) is 1.92. The Hall–Kier alpha value is -2.61. The number of hydrogen-bond donors (Lipinski definition) is 3. The van der Waals surface area contributed by atoms with Crippen LogP contribution in [0.4, 0.5) is 11.8 Å². The molecule has 0 radical (unpaired) electrons. The van der Waals surface area contributed by atoms with Crippen molar-refractivity contribution in [2.24, 2.45) is 5.84 Å². The Morgan fingerprint density at radius 2 is 2.25 bits per heavy atom. The van der Waals surface area contributed by atoms with Crippen molar-refractivity contribution in [2.75, 3.05) is 17.4 Å². The number of hydrazine groups is 1. The van der Waals surface area contributed by atoms with Gasteiger partial charge in [-0.3, -0.25) is 10.5 Å². The van der Waals surface area contributed by atoms with Crippen LogP contribution in [-0.2, 0) is 6.54 Å². The number of nitrogens with one attached hydrogen (secondary N) is 2. The lowest BCUT2D eigenvalue weighted by molar-refractivity contribution is 0.481. The highest BCUT2D eigenvalue weighted by atomic mass is 16.3. The fraction of sp³-hybridized carbons (Fsp3) is 0.250. The number of nitrogens with zero attached hydrogens (tertiary/aromatic N) is 4. The van der Waals surface area contributed by atoms with Gasteiger partial charge in [-0.2, -0.15) is 15.1 Å². The van der Waals surface area contributed by atoms with Gasteiger partial charge < -0.3 is 9.32 Å². The molecule has 0 saturated carbocycles. The van der Waals surface area contributed by atoms with E-state index in [2.05, 4.69) is 25.6 Å². The molecule has 0 spiro atoms. The van der Waals surface area contributed by atoms with E-state index in [-0.39, 0.29) is 0 Å². The minimum atomic E-state index is 0.333. The van der Waals surface area contributed by atoms with Gasteiger partial charge in [-0.25, -0.2) is 5.84 Å². The molecule has 3 heterocycles. The Morgan fingerprint density at radius 1 is 1.40 bits per heavy atom. The van der Waals surface area contributed by atoms with Crippen LogP contribution in [0.25, 0.3) is 11.0 Å². The zero-order valence-electron chi connectivity index (χ0n) is 11.2. The first kappa shape index (κ1) is 12.4.